The maximum atomic E-state index is 12.3. The van der Waals surface area contributed by atoms with Crippen molar-refractivity contribution in [3.8, 4) is 0 Å². The van der Waals surface area contributed by atoms with Crippen molar-refractivity contribution < 1.29 is 14.7 Å². The zero-order chi connectivity index (χ0) is 16.3. The number of aliphatic carboxylic acids is 1. The van der Waals surface area contributed by atoms with Crippen LogP contribution < -0.4 is 5.32 Å². The van der Waals surface area contributed by atoms with E-state index in [0.29, 0.717) is 5.92 Å². The number of hydrogen-bond donors (Lipinski definition) is 2. The van der Waals surface area contributed by atoms with Crippen LogP contribution in [0.1, 0.15) is 60.3 Å². The van der Waals surface area contributed by atoms with Gasteiger partial charge in [0.15, 0.2) is 0 Å². The number of likely N-dealkylation sites (tertiary alicyclic amines) is 1. The lowest BCUT2D eigenvalue weighted by molar-refractivity contribution is -0.138. The number of nitrogens with one attached hydrogen (secondary N) is 1. The lowest BCUT2D eigenvalue weighted by Crippen LogP contribution is -2.51. The summed E-state index contributed by atoms with van der Waals surface area (Å²) in [4.78, 5) is 25.0. The number of carboxylic acids is 1. The molecule has 1 saturated heterocycles. The Morgan fingerprint density at radius 2 is 1.76 bits per heavy atom. The minimum atomic E-state index is -0.899. The van der Waals surface area contributed by atoms with E-state index in [1.807, 2.05) is 4.90 Å². The molecule has 0 bridgehead atoms. The highest BCUT2D eigenvalue weighted by Gasteiger charge is 2.30. The van der Waals surface area contributed by atoms with Crippen molar-refractivity contribution >= 4 is 12.0 Å². The first kappa shape index (κ1) is 17.8. The molecule has 2 N–H and O–H groups in total. The zero-order valence-electron chi connectivity index (χ0n) is 14.0. The molecule has 0 radical (unpaired) electrons. The number of rotatable bonds is 3. The quantitative estimate of drug-likeness (QED) is 0.841. The first-order chi connectivity index (χ1) is 9.51. The van der Waals surface area contributed by atoms with Gasteiger partial charge in [-0.15, -0.1) is 0 Å². The maximum Gasteiger partial charge on any atom is 0.317 e. The van der Waals surface area contributed by atoms with Crippen molar-refractivity contribution in [2.24, 2.45) is 11.3 Å². The summed E-state index contributed by atoms with van der Waals surface area (Å²) < 4.78 is 0. The van der Waals surface area contributed by atoms with Crippen LogP contribution in [-0.2, 0) is 4.79 Å². The molecular weight excluding hydrogens is 268 g/mol. The normalized spacial score (nSPS) is 20.8. The molecule has 1 fully saturated rings. The summed E-state index contributed by atoms with van der Waals surface area (Å²) in [6.45, 7) is 11.7. The average Bonchev–Trinajstić information content (AvgIpc) is 2.50. The molecule has 21 heavy (non-hydrogen) atoms. The van der Waals surface area contributed by atoms with E-state index in [1.165, 1.54) is 0 Å². The van der Waals surface area contributed by atoms with Gasteiger partial charge in [0.2, 0.25) is 0 Å². The van der Waals surface area contributed by atoms with Gasteiger partial charge in [-0.2, -0.15) is 0 Å². The largest absolute Gasteiger partial charge is 0.481 e. The third-order valence-electron chi connectivity index (χ3n) is 4.28. The van der Waals surface area contributed by atoms with Gasteiger partial charge in [0, 0.05) is 18.6 Å². The third kappa shape index (κ3) is 5.94. The second-order valence-electron chi connectivity index (χ2n) is 7.87. The predicted molar refractivity (Wildman–Crippen MR) is 83.2 cm³/mol. The first-order valence-corrected chi connectivity index (χ1v) is 7.80. The molecule has 0 aliphatic carbocycles. The molecule has 2 amide bonds. The van der Waals surface area contributed by atoms with Gasteiger partial charge in [-0.1, -0.05) is 20.8 Å². The van der Waals surface area contributed by atoms with E-state index >= 15 is 0 Å². The molecule has 0 aromatic heterocycles. The second kappa shape index (κ2) is 6.67. The van der Waals surface area contributed by atoms with Crippen LogP contribution in [0.3, 0.4) is 0 Å². The molecule has 1 heterocycles. The maximum absolute atomic E-state index is 12.3. The Bertz CT molecular complexity index is 385. The van der Waals surface area contributed by atoms with Crippen molar-refractivity contribution in [2.75, 3.05) is 13.1 Å². The van der Waals surface area contributed by atoms with Crippen LogP contribution in [0.5, 0.6) is 0 Å². The summed E-state index contributed by atoms with van der Waals surface area (Å²) in [6, 6.07) is -0.143. The van der Waals surface area contributed by atoms with Crippen LogP contribution in [0, 0.1) is 11.3 Å². The van der Waals surface area contributed by atoms with E-state index in [9.17, 15) is 9.59 Å². The lowest BCUT2D eigenvalue weighted by Gasteiger charge is -2.31. The van der Waals surface area contributed by atoms with Crippen LogP contribution in [0.2, 0.25) is 0 Å². The number of amides is 2. The molecular formula is C16H30N2O3. The Balaban J connectivity index is 2.58. The Morgan fingerprint density at radius 3 is 2.29 bits per heavy atom. The molecule has 1 aliphatic heterocycles. The number of hydrogen-bond acceptors (Lipinski definition) is 2. The lowest BCUT2D eigenvalue weighted by atomic mass is 9.77. The minimum Gasteiger partial charge on any atom is -0.481 e. The summed E-state index contributed by atoms with van der Waals surface area (Å²) in [5.74, 6) is -0.272. The standard InChI is InChI=1S/C16H30N2O3/c1-15(2,3)12-7-6-9-18(10-8-12)14(21)17-16(4,5)11-13(19)20/h12H,6-11H2,1-5H3,(H,17,21)(H,19,20). The highest BCUT2D eigenvalue weighted by Crippen LogP contribution is 2.34. The van der Waals surface area contributed by atoms with Crippen molar-refractivity contribution in [1.82, 2.24) is 10.2 Å². The number of urea groups is 1. The monoisotopic (exact) mass is 298 g/mol. The van der Waals surface area contributed by atoms with E-state index < -0.39 is 11.5 Å². The zero-order valence-corrected chi connectivity index (χ0v) is 14.0. The molecule has 0 spiro atoms. The number of carbonyl (C=O) groups excluding carboxylic acids is 1. The highest BCUT2D eigenvalue weighted by atomic mass is 16.4. The molecule has 0 saturated carbocycles. The van der Waals surface area contributed by atoms with Crippen molar-refractivity contribution in [1.29, 1.82) is 0 Å². The van der Waals surface area contributed by atoms with Gasteiger partial charge in [-0.3, -0.25) is 4.79 Å². The van der Waals surface area contributed by atoms with Gasteiger partial charge in [0.05, 0.1) is 6.42 Å². The third-order valence-corrected chi connectivity index (χ3v) is 4.28. The van der Waals surface area contributed by atoms with Crippen LogP contribution in [-0.4, -0.2) is 40.6 Å². The number of carbonyl (C=O) groups is 2. The topological polar surface area (TPSA) is 69.6 Å². The summed E-state index contributed by atoms with van der Waals surface area (Å²) in [5, 5.41) is 11.7. The number of carboxylic acid groups (broad SMARTS) is 1. The fraction of sp³-hybridized carbons (Fsp3) is 0.875. The minimum absolute atomic E-state index is 0.0722. The van der Waals surface area contributed by atoms with Crippen molar-refractivity contribution in [2.45, 2.75) is 65.8 Å². The van der Waals surface area contributed by atoms with E-state index in [4.69, 9.17) is 5.11 Å². The molecule has 0 aromatic carbocycles. The Labute approximate surface area is 128 Å². The number of nitrogens with zero attached hydrogens (tertiary/aromatic N) is 1. The summed E-state index contributed by atoms with van der Waals surface area (Å²) in [5.41, 5.74) is -0.451. The van der Waals surface area contributed by atoms with Crippen LogP contribution in [0.4, 0.5) is 4.79 Å². The molecule has 5 heteroatoms. The molecule has 1 rings (SSSR count). The van der Waals surface area contributed by atoms with Gasteiger partial charge >= 0.3 is 12.0 Å². The van der Waals surface area contributed by atoms with E-state index in [1.54, 1.807) is 13.8 Å². The van der Waals surface area contributed by atoms with Gasteiger partial charge in [0.1, 0.15) is 0 Å². The highest BCUT2D eigenvalue weighted by molar-refractivity contribution is 5.76. The van der Waals surface area contributed by atoms with Gasteiger partial charge in [-0.25, -0.2) is 4.79 Å². The summed E-state index contributed by atoms with van der Waals surface area (Å²) in [6.07, 6.45) is 3.09. The van der Waals surface area contributed by atoms with E-state index in [2.05, 4.69) is 26.1 Å². The molecule has 0 aromatic rings. The van der Waals surface area contributed by atoms with Crippen molar-refractivity contribution in [3.63, 3.8) is 0 Å². The first-order valence-electron chi connectivity index (χ1n) is 7.80. The summed E-state index contributed by atoms with van der Waals surface area (Å²) in [7, 11) is 0. The molecule has 1 aliphatic rings. The van der Waals surface area contributed by atoms with E-state index in [0.717, 1.165) is 32.4 Å². The predicted octanol–water partition coefficient (Wildman–Crippen LogP) is 3.10. The summed E-state index contributed by atoms with van der Waals surface area (Å²) >= 11 is 0. The fourth-order valence-electron chi connectivity index (χ4n) is 2.96. The van der Waals surface area contributed by atoms with Gasteiger partial charge < -0.3 is 15.3 Å². The second-order valence-corrected chi connectivity index (χ2v) is 7.87. The van der Waals surface area contributed by atoms with Crippen LogP contribution in [0.25, 0.3) is 0 Å². The molecule has 5 nitrogen and oxygen atoms in total. The fourth-order valence-corrected chi connectivity index (χ4v) is 2.96. The van der Waals surface area contributed by atoms with Crippen molar-refractivity contribution in [3.05, 3.63) is 0 Å². The van der Waals surface area contributed by atoms with Crippen LogP contribution >= 0.6 is 0 Å². The molecule has 1 atom stereocenters. The smallest absolute Gasteiger partial charge is 0.317 e. The average molecular weight is 298 g/mol. The van der Waals surface area contributed by atoms with Crippen LogP contribution in [0.15, 0.2) is 0 Å². The van der Waals surface area contributed by atoms with E-state index in [-0.39, 0.29) is 17.9 Å². The Kier molecular flexibility index (Phi) is 5.65. The molecule has 122 valence electrons. The Hall–Kier alpha value is -1.26. The Morgan fingerprint density at radius 1 is 1.14 bits per heavy atom. The van der Waals surface area contributed by atoms with Gasteiger partial charge in [-0.05, 0) is 44.4 Å². The van der Waals surface area contributed by atoms with Gasteiger partial charge in [0.25, 0.3) is 0 Å². The molecule has 1 unspecified atom stereocenters. The SMILES string of the molecule is CC(C)(CC(=O)O)NC(=O)N1CCCC(C(C)(C)C)CC1.